The van der Waals surface area contributed by atoms with Gasteiger partial charge in [0, 0.05) is 22.2 Å². The van der Waals surface area contributed by atoms with Crippen LogP contribution in [-0.2, 0) is 5.41 Å². The van der Waals surface area contributed by atoms with E-state index in [0.29, 0.717) is 22.3 Å². The highest BCUT2D eigenvalue weighted by molar-refractivity contribution is 5.95. The van der Waals surface area contributed by atoms with Crippen molar-refractivity contribution >= 4 is 22.5 Å². The molecule has 0 aliphatic heterocycles. The smallest absolute Gasteiger partial charge is 0.418 e. The van der Waals surface area contributed by atoms with Gasteiger partial charge in [-0.25, -0.2) is 9.07 Å². The van der Waals surface area contributed by atoms with Gasteiger partial charge in [-0.1, -0.05) is 19.9 Å². The molecule has 0 bridgehead atoms. The van der Waals surface area contributed by atoms with Crippen LogP contribution in [0.4, 0.5) is 23.2 Å². The Labute approximate surface area is 228 Å². The zero-order chi connectivity index (χ0) is 29.5. The average molecular weight is 559 g/mol. The van der Waals surface area contributed by atoms with Gasteiger partial charge in [-0.3, -0.25) is 4.79 Å². The van der Waals surface area contributed by atoms with Gasteiger partial charge in [-0.2, -0.15) is 18.3 Å². The number of anilines is 1. The number of hydrogen-bond acceptors (Lipinski definition) is 5. The molecule has 7 nitrogen and oxygen atoms in total. The maximum Gasteiger partial charge on any atom is 0.418 e. The summed E-state index contributed by atoms with van der Waals surface area (Å²) in [5.41, 5.74) is 3.54. The number of nitrogens with zero attached hydrogens (tertiary/aromatic N) is 2. The summed E-state index contributed by atoms with van der Waals surface area (Å²) in [5, 5.41) is 18.7. The van der Waals surface area contributed by atoms with Crippen LogP contribution in [0.1, 0.15) is 41.8 Å². The van der Waals surface area contributed by atoms with Crippen LogP contribution in [-0.4, -0.2) is 46.2 Å². The lowest BCUT2D eigenvalue weighted by molar-refractivity contribution is -0.260. The number of primary amides is 1. The Balaban J connectivity index is 1.69. The largest absolute Gasteiger partial charge is 0.496 e. The van der Waals surface area contributed by atoms with Crippen molar-refractivity contribution in [1.29, 1.82) is 0 Å². The Hall–Kier alpha value is -4.12. The zero-order valence-electron chi connectivity index (χ0n) is 22.4. The predicted octanol–water partition coefficient (Wildman–Crippen LogP) is 5.65. The maximum atomic E-state index is 14.4. The number of amides is 1. The molecule has 0 radical (unpaired) electrons. The summed E-state index contributed by atoms with van der Waals surface area (Å²) in [6.07, 6.45) is -4.30. The number of nitrogens with two attached hydrogens (primary N) is 1. The lowest BCUT2D eigenvalue weighted by Gasteiger charge is -2.38. The minimum Gasteiger partial charge on any atom is -0.496 e. The molecule has 4 N–H and O–H groups in total. The first-order chi connectivity index (χ1) is 18.6. The van der Waals surface area contributed by atoms with Crippen molar-refractivity contribution in [1.82, 2.24) is 9.78 Å². The number of nitrogens with one attached hydrogen (secondary N) is 1. The molecular weight excluding hydrogens is 528 g/mol. The molecule has 212 valence electrons. The van der Waals surface area contributed by atoms with Crippen molar-refractivity contribution in [2.24, 2.45) is 5.73 Å². The second-order valence-electron chi connectivity index (χ2n) is 10.5. The van der Waals surface area contributed by atoms with Gasteiger partial charge in [0.1, 0.15) is 11.6 Å². The monoisotopic (exact) mass is 558 g/mol. The van der Waals surface area contributed by atoms with E-state index in [9.17, 15) is 27.5 Å². The van der Waals surface area contributed by atoms with E-state index in [4.69, 9.17) is 10.5 Å². The lowest BCUT2D eigenvalue weighted by atomic mass is 9.74. The third-order valence-electron chi connectivity index (χ3n) is 6.93. The van der Waals surface area contributed by atoms with Gasteiger partial charge in [0.2, 0.25) is 5.91 Å². The molecule has 0 fully saturated rings. The van der Waals surface area contributed by atoms with Crippen molar-refractivity contribution in [3.8, 4) is 11.4 Å². The molecular formula is C29H30F4N4O3. The first-order valence-electron chi connectivity index (χ1n) is 12.4. The fourth-order valence-corrected chi connectivity index (χ4v) is 4.95. The van der Waals surface area contributed by atoms with E-state index >= 15 is 0 Å². The van der Waals surface area contributed by atoms with E-state index in [1.54, 1.807) is 48.0 Å². The fourth-order valence-electron chi connectivity index (χ4n) is 4.95. The number of carbonyl (C=O) groups is 1. The third kappa shape index (κ3) is 5.60. The number of ether oxygens (including phenoxy) is 1. The van der Waals surface area contributed by atoms with Crippen molar-refractivity contribution in [2.45, 2.75) is 44.4 Å². The Kier molecular flexibility index (Phi) is 7.55. The van der Waals surface area contributed by atoms with Gasteiger partial charge in [-0.05, 0) is 72.9 Å². The molecule has 1 unspecified atom stereocenters. The van der Waals surface area contributed by atoms with Crippen molar-refractivity contribution in [3.05, 3.63) is 83.3 Å². The summed E-state index contributed by atoms with van der Waals surface area (Å²) >= 11 is 0. The standard InChI is InChI=1S/C29H30F4N4O3/c1-17-10-23(21-14-36-37(24(21)11-17)20-7-5-6-18(12-20)26(34)38)35-16-28(39,29(31,32)33)15-27(2,3)22-13-19(30)8-9-25(22)40-4/h5-14,35,39H,15-16H2,1-4H3,(H2,34,38). The number of rotatable bonds is 9. The predicted molar refractivity (Wildman–Crippen MR) is 144 cm³/mol. The molecule has 0 saturated heterocycles. The normalized spacial score (nSPS) is 13.7. The number of aliphatic hydroxyl groups is 1. The minimum absolute atomic E-state index is 0.204. The number of alkyl halides is 3. The number of hydrogen-bond donors (Lipinski definition) is 3. The van der Waals surface area contributed by atoms with E-state index in [1.807, 2.05) is 0 Å². The summed E-state index contributed by atoms with van der Waals surface area (Å²) in [6, 6.07) is 13.6. The SMILES string of the molecule is COc1ccc(F)cc1C(C)(C)CC(O)(CNc1cc(C)cc2c1cnn2-c1cccc(C(N)=O)c1)C(F)(F)F. The molecule has 0 saturated carbocycles. The van der Waals surface area contributed by atoms with Gasteiger partial charge in [0.25, 0.3) is 0 Å². The molecule has 4 rings (SSSR count). The second kappa shape index (κ2) is 10.5. The molecule has 1 atom stereocenters. The van der Waals surface area contributed by atoms with Crippen LogP contribution in [0.15, 0.2) is 60.8 Å². The van der Waals surface area contributed by atoms with E-state index < -0.39 is 41.9 Å². The van der Waals surface area contributed by atoms with Crippen LogP contribution in [0.5, 0.6) is 5.75 Å². The topological polar surface area (TPSA) is 102 Å². The molecule has 11 heteroatoms. The average Bonchev–Trinajstić information content (AvgIpc) is 3.30. The number of fused-ring (bicyclic) bond motifs is 1. The van der Waals surface area contributed by atoms with Crippen molar-refractivity contribution < 1.29 is 32.2 Å². The number of aromatic nitrogens is 2. The molecule has 0 aliphatic carbocycles. The van der Waals surface area contributed by atoms with Gasteiger partial charge >= 0.3 is 6.18 Å². The Morgan fingerprint density at radius 3 is 2.50 bits per heavy atom. The number of halogens is 4. The van der Waals surface area contributed by atoms with Gasteiger partial charge in [0.15, 0.2) is 5.60 Å². The van der Waals surface area contributed by atoms with E-state index in [0.717, 1.165) is 17.7 Å². The summed E-state index contributed by atoms with van der Waals surface area (Å²) < 4.78 is 64.0. The summed E-state index contributed by atoms with van der Waals surface area (Å²) in [4.78, 5) is 11.6. The third-order valence-corrected chi connectivity index (χ3v) is 6.93. The molecule has 0 aliphatic rings. The van der Waals surface area contributed by atoms with E-state index in [2.05, 4.69) is 10.4 Å². The van der Waals surface area contributed by atoms with Crippen LogP contribution < -0.4 is 15.8 Å². The van der Waals surface area contributed by atoms with Crippen LogP contribution in [0.3, 0.4) is 0 Å². The van der Waals surface area contributed by atoms with E-state index in [1.165, 1.54) is 33.2 Å². The number of benzene rings is 3. The van der Waals surface area contributed by atoms with Gasteiger partial charge < -0.3 is 20.9 Å². The van der Waals surface area contributed by atoms with Gasteiger partial charge in [0.05, 0.1) is 31.1 Å². The molecule has 1 aromatic heterocycles. The second-order valence-corrected chi connectivity index (χ2v) is 10.5. The number of carbonyl (C=O) groups excluding carboxylic acids is 1. The van der Waals surface area contributed by atoms with Crippen LogP contribution in [0.2, 0.25) is 0 Å². The molecule has 1 heterocycles. The highest BCUT2D eigenvalue weighted by Gasteiger charge is 2.56. The lowest BCUT2D eigenvalue weighted by Crippen LogP contribution is -2.53. The zero-order valence-corrected chi connectivity index (χ0v) is 22.4. The molecule has 1 amide bonds. The van der Waals surface area contributed by atoms with Crippen molar-refractivity contribution in [2.75, 3.05) is 19.0 Å². The highest BCUT2D eigenvalue weighted by atomic mass is 19.4. The Bertz CT molecular complexity index is 1560. The van der Waals surface area contributed by atoms with Crippen molar-refractivity contribution in [3.63, 3.8) is 0 Å². The molecule has 3 aromatic carbocycles. The Morgan fingerprint density at radius 2 is 1.85 bits per heavy atom. The number of aryl methyl sites for hydroxylation is 1. The fraction of sp³-hybridized carbons (Fsp3) is 0.310. The van der Waals surface area contributed by atoms with Crippen LogP contribution in [0, 0.1) is 12.7 Å². The highest BCUT2D eigenvalue weighted by Crippen LogP contribution is 2.44. The minimum atomic E-state index is -5.01. The first kappa shape index (κ1) is 28.9. The number of methoxy groups -OCH3 is 1. The molecule has 40 heavy (non-hydrogen) atoms. The van der Waals surface area contributed by atoms with Gasteiger partial charge in [-0.15, -0.1) is 0 Å². The Morgan fingerprint density at radius 1 is 1.12 bits per heavy atom. The summed E-state index contributed by atoms with van der Waals surface area (Å²) in [6.45, 7) is 3.89. The maximum absolute atomic E-state index is 14.4. The quantitative estimate of drug-likeness (QED) is 0.230. The van der Waals surface area contributed by atoms with Crippen LogP contribution >= 0.6 is 0 Å². The summed E-state index contributed by atoms with van der Waals surface area (Å²) in [5.74, 6) is -1.02. The first-order valence-corrected chi connectivity index (χ1v) is 12.4. The summed E-state index contributed by atoms with van der Waals surface area (Å²) in [7, 11) is 1.34. The molecule has 4 aromatic rings. The van der Waals surface area contributed by atoms with E-state index in [-0.39, 0.29) is 16.9 Å². The molecule has 0 spiro atoms. The van der Waals surface area contributed by atoms with Crippen LogP contribution in [0.25, 0.3) is 16.6 Å².